The minimum atomic E-state index is -1.76. The Morgan fingerprint density at radius 1 is 1.13 bits per heavy atom. The van der Waals surface area contributed by atoms with Crippen LogP contribution in [0.15, 0.2) is 0 Å². The molecule has 0 saturated carbocycles. The predicted octanol–water partition coefficient (Wildman–Crippen LogP) is 3.77. The van der Waals surface area contributed by atoms with E-state index >= 15 is 0 Å². The van der Waals surface area contributed by atoms with Crippen molar-refractivity contribution in [2.75, 3.05) is 0 Å². The van der Waals surface area contributed by atoms with Gasteiger partial charge >= 0.3 is 0 Å². The van der Waals surface area contributed by atoms with Crippen LogP contribution in [0.1, 0.15) is 48.0 Å². The molecule has 0 N–H and O–H groups in total. The molecule has 0 radical (unpaired) electrons. The third kappa shape index (κ3) is 4.93. The third-order valence-electron chi connectivity index (χ3n) is 3.01. The van der Waals surface area contributed by atoms with Crippen molar-refractivity contribution in [2.45, 2.75) is 71.7 Å². The summed E-state index contributed by atoms with van der Waals surface area (Å²) in [6.45, 7) is 16.7. The Balaban J connectivity index is 4.64. The number of rotatable bonds is 4. The van der Waals surface area contributed by atoms with Gasteiger partial charge in [-0.25, -0.2) is 0 Å². The number of Topliss-reactive ketones (excluding diaryl/α,β-unsaturated/α-hetero) is 1. The van der Waals surface area contributed by atoms with E-state index in [0.717, 1.165) is 0 Å². The standard InChI is InChI=1S/C12H26O2Si/c1-10(13)9-12(5,6)14-15(7,8)11(2,3)4/h9H2,1-8H3. The normalized spacial score (nSPS) is 14.1. The number of hydrogen-bond donors (Lipinski definition) is 0. The molecular formula is C12H26O2Si. The molecule has 0 aliphatic carbocycles. The smallest absolute Gasteiger partial charge is 0.192 e. The minimum Gasteiger partial charge on any atom is -0.411 e. The van der Waals surface area contributed by atoms with Gasteiger partial charge in [0, 0.05) is 6.42 Å². The summed E-state index contributed by atoms with van der Waals surface area (Å²) >= 11 is 0. The quantitative estimate of drug-likeness (QED) is 0.687. The average Bonchev–Trinajstić information content (AvgIpc) is 1.75. The second-order valence-corrected chi connectivity index (χ2v) is 11.2. The summed E-state index contributed by atoms with van der Waals surface area (Å²) in [6, 6.07) is 0. The van der Waals surface area contributed by atoms with Crippen molar-refractivity contribution < 1.29 is 9.22 Å². The summed E-state index contributed by atoms with van der Waals surface area (Å²) in [5.41, 5.74) is -0.325. The number of carbonyl (C=O) groups excluding carboxylic acids is 1. The lowest BCUT2D eigenvalue weighted by molar-refractivity contribution is -0.120. The monoisotopic (exact) mass is 230 g/mol. The van der Waals surface area contributed by atoms with Crippen LogP contribution in [0.2, 0.25) is 18.1 Å². The van der Waals surface area contributed by atoms with E-state index in [1.807, 2.05) is 13.8 Å². The van der Waals surface area contributed by atoms with Gasteiger partial charge in [0.2, 0.25) is 0 Å². The van der Waals surface area contributed by atoms with Crippen LogP contribution >= 0.6 is 0 Å². The molecule has 0 heterocycles. The second-order valence-electron chi connectivity index (χ2n) is 6.50. The van der Waals surface area contributed by atoms with Gasteiger partial charge in [0.25, 0.3) is 0 Å². The number of carbonyl (C=O) groups is 1. The van der Waals surface area contributed by atoms with Gasteiger partial charge in [0.05, 0.1) is 5.60 Å². The Bertz CT molecular complexity index is 236. The van der Waals surface area contributed by atoms with E-state index in [9.17, 15) is 4.79 Å². The first kappa shape index (κ1) is 14.8. The molecule has 90 valence electrons. The molecule has 0 aliphatic heterocycles. The van der Waals surface area contributed by atoms with Gasteiger partial charge in [-0.05, 0) is 38.9 Å². The molecule has 0 aromatic carbocycles. The Morgan fingerprint density at radius 2 is 1.53 bits per heavy atom. The van der Waals surface area contributed by atoms with Crippen LogP contribution in [0.5, 0.6) is 0 Å². The van der Waals surface area contributed by atoms with Gasteiger partial charge in [-0.2, -0.15) is 0 Å². The molecule has 0 spiro atoms. The van der Waals surface area contributed by atoms with Gasteiger partial charge in [0.1, 0.15) is 5.78 Å². The first-order chi connectivity index (χ1) is 6.37. The van der Waals surface area contributed by atoms with Crippen molar-refractivity contribution in [1.82, 2.24) is 0 Å². The number of ketones is 1. The molecule has 0 amide bonds. The first-order valence-corrected chi connectivity index (χ1v) is 8.48. The lowest BCUT2D eigenvalue weighted by atomic mass is 10.0. The molecule has 0 aromatic heterocycles. The van der Waals surface area contributed by atoms with Gasteiger partial charge < -0.3 is 4.43 Å². The van der Waals surface area contributed by atoms with Crippen molar-refractivity contribution >= 4 is 14.1 Å². The minimum absolute atomic E-state index is 0.193. The molecule has 0 saturated heterocycles. The van der Waals surface area contributed by atoms with Crippen LogP contribution in [0, 0.1) is 0 Å². The van der Waals surface area contributed by atoms with E-state index in [-0.39, 0.29) is 16.4 Å². The lowest BCUT2D eigenvalue weighted by Crippen LogP contribution is -2.48. The average molecular weight is 230 g/mol. The highest BCUT2D eigenvalue weighted by molar-refractivity contribution is 6.74. The molecule has 0 aliphatic rings. The summed E-state index contributed by atoms with van der Waals surface area (Å²) in [5.74, 6) is 0.193. The molecule has 0 rings (SSSR count). The maximum atomic E-state index is 11.1. The number of hydrogen-bond acceptors (Lipinski definition) is 2. The molecule has 0 fully saturated rings. The molecule has 3 heteroatoms. The fourth-order valence-electron chi connectivity index (χ4n) is 1.48. The topological polar surface area (TPSA) is 26.3 Å². The fourth-order valence-corrected chi connectivity index (χ4v) is 3.24. The second kappa shape index (κ2) is 4.38. The predicted molar refractivity (Wildman–Crippen MR) is 67.7 cm³/mol. The Hall–Kier alpha value is -0.153. The molecule has 0 aromatic rings. The highest BCUT2D eigenvalue weighted by Gasteiger charge is 2.41. The van der Waals surface area contributed by atoms with Crippen molar-refractivity contribution in [3.63, 3.8) is 0 Å². The summed E-state index contributed by atoms with van der Waals surface area (Å²) in [7, 11) is -1.76. The van der Waals surface area contributed by atoms with Crippen molar-refractivity contribution in [1.29, 1.82) is 0 Å². The molecular weight excluding hydrogens is 204 g/mol. The fraction of sp³-hybridized carbons (Fsp3) is 0.917. The summed E-state index contributed by atoms with van der Waals surface area (Å²) in [6.07, 6.45) is 0.500. The SMILES string of the molecule is CC(=O)CC(C)(C)O[Si](C)(C)C(C)(C)C. The molecule has 0 bridgehead atoms. The summed E-state index contributed by atoms with van der Waals surface area (Å²) in [4.78, 5) is 11.1. The van der Waals surface area contributed by atoms with E-state index < -0.39 is 8.32 Å². The van der Waals surface area contributed by atoms with Crippen molar-refractivity contribution in [3.05, 3.63) is 0 Å². The van der Waals surface area contributed by atoms with Crippen LogP contribution in [-0.2, 0) is 9.22 Å². The lowest BCUT2D eigenvalue weighted by Gasteiger charge is -2.42. The maximum absolute atomic E-state index is 11.1. The van der Waals surface area contributed by atoms with Crippen LogP contribution in [0.25, 0.3) is 0 Å². The van der Waals surface area contributed by atoms with Crippen LogP contribution in [0.3, 0.4) is 0 Å². The van der Waals surface area contributed by atoms with Crippen LogP contribution in [0.4, 0.5) is 0 Å². The van der Waals surface area contributed by atoms with E-state index in [1.165, 1.54) is 0 Å². The van der Waals surface area contributed by atoms with Crippen molar-refractivity contribution in [2.24, 2.45) is 0 Å². The zero-order chi connectivity index (χ0) is 12.5. The van der Waals surface area contributed by atoms with Crippen LogP contribution in [-0.4, -0.2) is 19.7 Å². The molecule has 15 heavy (non-hydrogen) atoms. The molecule has 0 atom stereocenters. The van der Waals surface area contributed by atoms with Gasteiger partial charge in [-0.15, -0.1) is 0 Å². The van der Waals surface area contributed by atoms with E-state index in [2.05, 4.69) is 33.9 Å². The van der Waals surface area contributed by atoms with Gasteiger partial charge in [-0.1, -0.05) is 20.8 Å². The Morgan fingerprint density at radius 3 is 1.80 bits per heavy atom. The van der Waals surface area contributed by atoms with E-state index in [0.29, 0.717) is 6.42 Å². The summed E-state index contributed by atoms with van der Waals surface area (Å²) in [5, 5.41) is 0.195. The van der Waals surface area contributed by atoms with Crippen LogP contribution < -0.4 is 0 Å². The van der Waals surface area contributed by atoms with E-state index in [1.54, 1.807) is 6.92 Å². The Labute approximate surface area is 95.5 Å². The largest absolute Gasteiger partial charge is 0.411 e. The molecule has 0 unspecified atom stereocenters. The third-order valence-corrected chi connectivity index (χ3v) is 7.69. The van der Waals surface area contributed by atoms with E-state index in [4.69, 9.17) is 4.43 Å². The zero-order valence-electron chi connectivity index (χ0n) is 11.5. The Kier molecular flexibility index (Phi) is 4.33. The maximum Gasteiger partial charge on any atom is 0.192 e. The van der Waals surface area contributed by atoms with Gasteiger partial charge in [-0.3, -0.25) is 4.79 Å². The zero-order valence-corrected chi connectivity index (χ0v) is 12.5. The first-order valence-electron chi connectivity index (χ1n) is 5.57. The highest BCUT2D eigenvalue weighted by Crippen LogP contribution is 2.39. The summed E-state index contributed by atoms with van der Waals surface area (Å²) < 4.78 is 6.22. The van der Waals surface area contributed by atoms with Crippen molar-refractivity contribution in [3.8, 4) is 0 Å². The molecule has 2 nitrogen and oxygen atoms in total. The highest BCUT2D eigenvalue weighted by atomic mass is 28.4. The van der Waals surface area contributed by atoms with Gasteiger partial charge in [0.15, 0.2) is 8.32 Å².